The van der Waals surface area contributed by atoms with Gasteiger partial charge < -0.3 is 14.9 Å². The summed E-state index contributed by atoms with van der Waals surface area (Å²) in [5.74, 6) is 0.0379. The minimum absolute atomic E-state index is 0.0660. The number of carboxylic acid groups (broad SMARTS) is 1. The maximum absolute atomic E-state index is 11.5. The van der Waals surface area contributed by atoms with Gasteiger partial charge in [-0.3, -0.25) is 9.59 Å². The predicted octanol–water partition coefficient (Wildman–Crippen LogP) is 4.97. The van der Waals surface area contributed by atoms with Gasteiger partial charge in [0, 0.05) is 0 Å². The molecule has 29 heavy (non-hydrogen) atoms. The molecule has 2 fully saturated rings. The number of aliphatic carboxylic acids is 1. The summed E-state index contributed by atoms with van der Waals surface area (Å²) in [5, 5.41) is 19.2. The number of carbonyl (C=O) groups excluding carboxylic acids is 1. The summed E-state index contributed by atoms with van der Waals surface area (Å²) in [6, 6.07) is 0. The van der Waals surface area contributed by atoms with E-state index in [-0.39, 0.29) is 29.8 Å². The van der Waals surface area contributed by atoms with Crippen LogP contribution in [0.2, 0.25) is 0 Å². The Labute approximate surface area is 175 Å². The van der Waals surface area contributed by atoms with E-state index in [1.165, 1.54) is 12.0 Å². The van der Waals surface area contributed by atoms with E-state index in [1.54, 1.807) is 0 Å². The van der Waals surface area contributed by atoms with E-state index in [1.807, 2.05) is 0 Å². The Hall–Kier alpha value is -1.36. The number of esters is 1. The predicted molar refractivity (Wildman–Crippen MR) is 113 cm³/mol. The van der Waals surface area contributed by atoms with Crippen LogP contribution in [0.25, 0.3) is 0 Å². The van der Waals surface area contributed by atoms with E-state index in [0.717, 1.165) is 38.5 Å². The Bertz CT molecular complexity index is 610. The second-order valence-corrected chi connectivity index (χ2v) is 10.4. The molecule has 2 aliphatic rings. The fraction of sp³-hybridized carbons (Fsp3) is 0.833. The highest BCUT2D eigenvalue weighted by Crippen LogP contribution is 2.61. The Morgan fingerprint density at radius 1 is 1.21 bits per heavy atom. The lowest BCUT2D eigenvalue weighted by Crippen LogP contribution is -2.53. The molecule has 5 atom stereocenters. The molecule has 2 saturated carbocycles. The number of hydrogen-bond acceptors (Lipinski definition) is 4. The summed E-state index contributed by atoms with van der Waals surface area (Å²) in [5.41, 5.74) is 1.58. The lowest BCUT2D eigenvalue weighted by Gasteiger charge is -2.59. The van der Waals surface area contributed by atoms with Crippen molar-refractivity contribution >= 4 is 11.9 Å². The van der Waals surface area contributed by atoms with Gasteiger partial charge in [0.1, 0.15) is 0 Å². The molecule has 5 heteroatoms. The van der Waals surface area contributed by atoms with Crippen molar-refractivity contribution in [2.24, 2.45) is 28.6 Å². The minimum Gasteiger partial charge on any atom is -0.481 e. The molecule has 0 aliphatic heterocycles. The van der Waals surface area contributed by atoms with Crippen molar-refractivity contribution < 1.29 is 24.5 Å². The number of aliphatic hydroxyl groups excluding tert-OH is 1. The van der Waals surface area contributed by atoms with Gasteiger partial charge in [0.25, 0.3) is 0 Å². The number of rotatable bonds is 9. The first-order valence-electron chi connectivity index (χ1n) is 11.2. The molecule has 2 aliphatic carbocycles. The average molecular weight is 409 g/mol. The molecule has 0 aromatic carbocycles. The first kappa shape index (κ1) is 23.9. The van der Waals surface area contributed by atoms with Crippen LogP contribution in [0.4, 0.5) is 0 Å². The summed E-state index contributed by atoms with van der Waals surface area (Å²) in [4.78, 5) is 22.1. The third kappa shape index (κ3) is 6.07. The van der Waals surface area contributed by atoms with Crippen LogP contribution in [0.5, 0.6) is 0 Å². The van der Waals surface area contributed by atoms with Crippen LogP contribution in [0.1, 0.15) is 85.5 Å². The van der Waals surface area contributed by atoms with Crippen LogP contribution in [-0.4, -0.2) is 34.9 Å². The van der Waals surface area contributed by atoms with Crippen LogP contribution in [-0.2, 0) is 14.3 Å². The normalized spacial score (nSPS) is 32.3. The Kier molecular flexibility index (Phi) is 7.94. The quantitative estimate of drug-likeness (QED) is 0.416. The Balaban J connectivity index is 1.87. The molecule has 5 nitrogen and oxygen atoms in total. The number of allylic oxidation sites excluding steroid dienone is 1. The van der Waals surface area contributed by atoms with Gasteiger partial charge in [-0.2, -0.15) is 0 Å². The van der Waals surface area contributed by atoms with E-state index in [0.29, 0.717) is 24.4 Å². The average Bonchev–Trinajstić information content (AvgIpc) is 2.57. The molecule has 2 rings (SSSR count). The lowest BCUT2D eigenvalue weighted by molar-refractivity contribution is -0.148. The van der Waals surface area contributed by atoms with Gasteiger partial charge >= 0.3 is 11.9 Å². The minimum atomic E-state index is -0.981. The van der Waals surface area contributed by atoms with Gasteiger partial charge in [0.15, 0.2) is 0 Å². The van der Waals surface area contributed by atoms with Gasteiger partial charge in [0.05, 0.1) is 25.6 Å². The third-order valence-corrected chi connectivity index (χ3v) is 7.58. The highest BCUT2D eigenvalue weighted by Gasteiger charge is 2.54. The Morgan fingerprint density at radius 2 is 1.90 bits per heavy atom. The number of carboxylic acids is 1. The number of hydrogen-bond donors (Lipinski definition) is 2. The van der Waals surface area contributed by atoms with E-state index >= 15 is 0 Å². The zero-order valence-corrected chi connectivity index (χ0v) is 18.7. The number of carbonyl (C=O) groups is 2. The van der Waals surface area contributed by atoms with Gasteiger partial charge in [-0.1, -0.05) is 39.8 Å². The summed E-state index contributed by atoms with van der Waals surface area (Å²) in [6.45, 7) is 13.9. The van der Waals surface area contributed by atoms with Gasteiger partial charge in [-0.05, 0) is 73.5 Å². The topological polar surface area (TPSA) is 83.8 Å². The van der Waals surface area contributed by atoms with Crippen molar-refractivity contribution in [1.29, 1.82) is 0 Å². The van der Waals surface area contributed by atoms with Gasteiger partial charge in [-0.25, -0.2) is 0 Å². The molecule has 0 aromatic rings. The molecular formula is C24H40O5. The van der Waals surface area contributed by atoms with Crippen LogP contribution in [0, 0.1) is 28.6 Å². The monoisotopic (exact) mass is 408 g/mol. The summed E-state index contributed by atoms with van der Waals surface area (Å²) < 4.78 is 5.17. The van der Waals surface area contributed by atoms with Crippen molar-refractivity contribution in [2.45, 2.75) is 91.6 Å². The van der Waals surface area contributed by atoms with E-state index < -0.39 is 11.9 Å². The zero-order chi connectivity index (χ0) is 21.8. The highest BCUT2D eigenvalue weighted by molar-refractivity contribution is 5.76. The summed E-state index contributed by atoms with van der Waals surface area (Å²) >= 11 is 0. The van der Waals surface area contributed by atoms with Crippen molar-refractivity contribution in [2.75, 3.05) is 6.61 Å². The highest BCUT2D eigenvalue weighted by atomic mass is 16.5. The van der Waals surface area contributed by atoms with Crippen LogP contribution in [0.3, 0.4) is 0 Å². The summed E-state index contributed by atoms with van der Waals surface area (Å²) in [7, 11) is 0. The molecule has 0 bridgehead atoms. The number of fused-ring (bicyclic) bond motifs is 1. The van der Waals surface area contributed by atoms with Crippen molar-refractivity contribution in [3.05, 3.63) is 12.2 Å². The molecular weight excluding hydrogens is 368 g/mol. The maximum atomic E-state index is 11.5. The SMILES string of the molecule is C=C1CCC2C(C)(C)CC(O)CC2(C)C1CCC(C)CCOC(=O)CCC(=O)O. The van der Waals surface area contributed by atoms with Crippen LogP contribution in [0.15, 0.2) is 12.2 Å². The number of ether oxygens (including phenoxy) is 1. The molecule has 5 unspecified atom stereocenters. The van der Waals surface area contributed by atoms with Crippen molar-refractivity contribution in [3.63, 3.8) is 0 Å². The lowest BCUT2D eigenvalue weighted by atomic mass is 9.46. The molecule has 0 heterocycles. The van der Waals surface area contributed by atoms with Crippen LogP contribution < -0.4 is 0 Å². The molecule has 2 N–H and O–H groups in total. The maximum Gasteiger partial charge on any atom is 0.306 e. The molecule has 0 amide bonds. The second-order valence-electron chi connectivity index (χ2n) is 10.4. The van der Waals surface area contributed by atoms with E-state index in [2.05, 4.69) is 34.3 Å². The second kappa shape index (κ2) is 9.63. The molecule has 0 saturated heterocycles. The first-order valence-corrected chi connectivity index (χ1v) is 11.2. The zero-order valence-electron chi connectivity index (χ0n) is 18.7. The van der Waals surface area contributed by atoms with E-state index in [4.69, 9.17) is 9.84 Å². The summed E-state index contributed by atoms with van der Waals surface area (Å²) in [6.07, 6.45) is 6.40. The van der Waals surface area contributed by atoms with Gasteiger partial charge in [0.2, 0.25) is 0 Å². The van der Waals surface area contributed by atoms with E-state index in [9.17, 15) is 14.7 Å². The first-order chi connectivity index (χ1) is 13.5. The molecule has 0 radical (unpaired) electrons. The fourth-order valence-corrected chi connectivity index (χ4v) is 6.22. The Morgan fingerprint density at radius 3 is 2.55 bits per heavy atom. The molecule has 166 valence electrons. The number of aliphatic hydroxyl groups is 1. The third-order valence-electron chi connectivity index (χ3n) is 7.58. The standard InChI is InChI=1S/C24H40O5/c1-16(12-13-29-22(28)11-10-21(26)27)6-8-19-17(2)7-9-20-23(3,4)14-18(25)15-24(19,20)5/h16,18-20,25H,2,6-15H2,1,3-5H3,(H,26,27). The van der Waals surface area contributed by atoms with Crippen molar-refractivity contribution in [1.82, 2.24) is 0 Å². The largest absolute Gasteiger partial charge is 0.481 e. The van der Waals surface area contributed by atoms with Crippen LogP contribution >= 0.6 is 0 Å². The molecule has 0 spiro atoms. The van der Waals surface area contributed by atoms with Gasteiger partial charge in [-0.15, -0.1) is 0 Å². The van der Waals surface area contributed by atoms with Crippen molar-refractivity contribution in [3.8, 4) is 0 Å². The smallest absolute Gasteiger partial charge is 0.306 e. The fourth-order valence-electron chi connectivity index (χ4n) is 6.22. The molecule has 0 aromatic heterocycles.